The molecule has 0 radical (unpaired) electrons. The maximum absolute atomic E-state index is 10.5. The minimum atomic E-state index is -0.683. The van der Waals surface area contributed by atoms with Gasteiger partial charge in [0.15, 0.2) is 6.23 Å². The predicted octanol–water partition coefficient (Wildman–Crippen LogP) is 1.31. The van der Waals surface area contributed by atoms with E-state index in [0.29, 0.717) is 13.1 Å². The zero-order valence-corrected chi connectivity index (χ0v) is 11.8. The van der Waals surface area contributed by atoms with Crippen molar-refractivity contribution in [2.24, 2.45) is 4.99 Å². The zero-order valence-electron chi connectivity index (χ0n) is 10.3. The fourth-order valence-corrected chi connectivity index (χ4v) is 2.83. The number of nitrogens with zero attached hydrogens (tertiary/aromatic N) is 4. The molecule has 0 saturated carbocycles. The average Bonchev–Trinajstić information content (AvgIpc) is 2.40. The van der Waals surface area contributed by atoms with Crippen molar-refractivity contribution in [3.05, 3.63) is 34.1 Å². The number of amidine groups is 1. The molecule has 98 valence electrons. The molecule has 0 fully saturated rings. The van der Waals surface area contributed by atoms with Crippen LogP contribution in [0.5, 0.6) is 0 Å². The highest BCUT2D eigenvalue weighted by molar-refractivity contribution is 9.11. The summed E-state index contributed by atoms with van der Waals surface area (Å²) in [5.74, 6) is 0.759. The quantitative estimate of drug-likeness (QED) is 0.740. The monoisotopic (exact) mass is 320 g/mol. The number of fused-ring (bicyclic) bond motifs is 1. The Hall–Kier alpha value is -1.42. The van der Waals surface area contributed by atoms with Crippen LogP contribution in [-0.2, 0) is 0 Å². The summed E-state index contributed by atoms with van der Waals surface area (Å²) < 4.78 is 0.945. The van der Waals surface area contributed by atoms with E-state index >= 15 is 0 Å². The minimum absolute atomic E-state index is 0.390. The van der Waals surface area contributed by atoms with Crippen LogP contribution in [0.3, 0.4) is 0 Å². The molecule has 1 unspecified atom stereocenters. The highest BCUT2D eigenvalue weighted by Gasteiger charge is 2.32. The predicted molar refractivity (Wildman–Crippen MR) is 75.1 cm³/mol. The number of aliphatic hydroxyl groups is 1. The van der Waals surface area contributed by atoms with Gasteiger partial charge in [-0.2, -0.15) is 5.26 Å². The molecule has 5 nitrogen and oxygen atoms in total. The molecular formula is C13H13BrN4O. The summed E-state index contributed by atoms with van der Waals surface area (Å²) in [4.78, 5) is 8.40. The molecule has 1 N–H and O–H groups in total. The molecule has 0 bridgehead atoms. The fourth-order valence-electron chi connectivity index (χ4n) is 2.51. The first-order chi connectivity index (χ1) is 9.19. The van der Waals surface area contributed by atoms with Gasteiger partial charge in [0.05, 0.1) is 12.6 Å². The van der Waals surface area contributed by atoms with E-state index in [4.69, 9.17) is 5.26 Å². The lowest BCUT2D eigenvalue weighted by Gasteiger charge is -2.38. The van der Waals surface area contributed by atoms with Crippen LogP contribution in [0.15, 0.2) is 39.1 Å². The third kappa shape index (κ3) is 2.25. The molecule has 3 aliphatic rings. The molecule has 19 heavy (non-hydrogen) atoms. The van der Waals surface area contributed by atoms with Gasteiger partial charge < -0.3 is 10.0 Å². The van der Waals surface area contributed by atoms with Crippen LogP contribution in [0, 0.1) is 11.3 Å². The number of allylic oxidation sites excluding steroid dienone is 2. The number of aliphatic imine (C=N–C) groups is 1. The standard InChI is InChI=1S/C13H13BrN4O/c14-9-1-5-18-12(7-9)16-11-2-4-17(6-3-15)8-10(11)13(18)19/h1,5,7,13,19H,2,4,6,8H2. The van der Waals surface area contributed by atoms with E-state index in [1.807, 2.05) is 23.3 Å². The van der Waals surface area contributed by atoms with Gasteiger partial charge in [-0.05, 0) is 12.2 Å². The molecule has 0 saturated heterocycles. The third-order valence-electron chi connectivity index (χ3n) is 3.47. The number of rotatable bonds is 1. The highest BCUT2D eigenvalue weighted by atomic mass is 79.9. The Morgan fingerprint density at radius 2 is 2.42 bits per heavy atom. The van der Waals surface area contributed by atoms with Gasteiger partial charge in [0.25, 0.3) is 0 Å². The van der Waals surface area contributed by atoms with Crippen LogP contribution in [0.25, 0.3) is 0 Å². The molecule has 1 atom stereocenters. The molecule has 0 aromatic rings. The average molecular weight is 321 g/mol. The Morgan fingerprint density at radius 1 is 1.58 bits per heavy atom. The molecule has 0 aromatic heterocycles. The Balaban J connectivity index is 1.92. The lowest BCUT2D eigenvalue weighted by atomic mass is 10.0. The first-order valence-corrected chi connectivity index (χ1v) is 6.90. The second kappa shape index (κ2) is 4.93. The van der Waals surface area contributed by atoms with Gasteiger partial charge in [-0.25, -0.2) is 4.99 Å². The molecule has 0 aliphatic carbocycles. The maximum atomic E-state index is 10.5. The van der Waals surface area contributed by atoms with Crippen LogP contribution >= 0.6 is 15.9 Å². The van der Waals surface area contributed by atoms with E-state index in [2.05, 4.69) is 27.0 Å². The van der Waals surface area contributed by atoms with Crippen molar-refractivity contribution in [3.8, 4) is 6.07 Å². The summed E-state index contributed by atoms with van der Waals surface area (Å²) in [5.41, 5.74) is 1.86. The second-order valence-corrected chi connectivity index (χ2v) is 5.60. The number of aliphatic hydroxyl groups excluding tert-OH is 1. The summed E-state index contributed by atoms with van der Waals surface area (Å²) in [5, 5.41) is 19.2. The van der Waals surface area contributed by atoms with Gasteiger partial charge in [-0.1, -0.05) is 15.9 Å². The molecule has 3 rings (SSSR count). The highest BCUT2D eigenvalue weighted by Crippen LogP contribution is 2.30. The van der Waals surface area contributed by atoms with E-state index in [9.17, 15) is 5.11 Å². The van der Waals surface area contributed by atoms with Crippen LogP contribution in [0.2, 0.25) is 0 Å². The normalized spacial score (nSPS) is 26.4. The summed E-state index contributed by atoms with van der Waals surface area (Å²) in [6, 6.07) is 2.15. The Morgan fingerprint density at radius 3 is 3.21 bits per heavy atom. The third-order valence-corrected chi connectivity index (χ3v) is 3.97. The van der Waals surface area contributed by atoms with E-state index in [1.54, 1.807) is 4.90 Å². The Kier molecular flexibility index (Phi) is 3.27. The molecular weight excluding hydrogens is 308 g/mol. The van der Waals surface area contributed by atoms with Gasteiger partial charge in [0.2, 0.25) is 0 Å². The summed E-state index contributed by atoms with van der Waals surface area (Å²) in [6.07, 6.45) is 5.69. The van der Waals surface area contributed by atoms with Crippen molar-refractivity contribution < 1.29 is 5.11 Å². The van der Waals surface area contributed by atoms with Gasteiger partial charge in [-0.3, -0.25) is 4.90 Å². The van der Waals surface area contributed by atoms with Crippen molar-refractivity contribution >= 4 is 21.8 Å². The van der Waals surface area contributed by atoms with Crippen LogP contribution in [0.4, 0.5) is 0 Å². The van der Waals surface area contributed by atoms with Crippen LogP contribution in [-0.4, -0.2) is 46.6 Å². The van der Waals surface area contributed by atoms with E-state index in [1.165, 1.54) is 0 Å². The molecule has 0 spiro atoms. The van der Waals surface area contributed by atoms with Crippen molar-refractivity contribution in [1.29, 1.82) is 5.26 Å². The molecule has 0 amide bonds. The number of hydrogen-bond donors (Lipinski definition) is 1. The lowest BCUT2D eigenvalue weighted by Crippen LogP contribution is -2.46. The summed E-state index contributed by atoms with van der Waals surface area (Å²) in [7, 11) is 0. The van der Waals surface area contributed by atoms with Gasteiger partial charge in [0, 0.05) is 41.5 Å². The van der Waals surface area contributed by atoms with Crippen molar-refractivity contribution in [3.63, 3.8) is 0 Å². The smallest absolute Gasteiger partial charge is 0.157 e. The van der Waals surface area contributed by atoms with Gasteiger partial charge >= 0.3 is 0 Å². The van der Waals surface area contributed by atoms with Gasteiger partial charge in [0.1, 0.15) is 5.84 Å². The number of hydrogen-bond acceptors (Lipinski definition) is 5. The first kappa shape index (κ1) is 12.6. The van der Waals surface area contributed by atoms with Crippen LogP contribution in [0.1, 0.15) is 6.42 Å². The fraction of sp³-hybridized carbons (Fsp3) is 0.385. The molecule has 3 aliphatic heterocycles. The maximum Gasteiger partial charge on any atom is 0.157 e. The Bertz CT molecular complexity index is 570. The lowest BCUT2D eigenvalue weighted by molar-refractivity contribution is 0.0986. The molecule has 3 heterocycles. The van der Waals surface area contributed by atoms with E-state index in [0.717, 1.165) is 34.6 Å². The largest absolute Gasteiger partial charge is 0.369 e. The number of nitriles is 1. The Labute approximate surface area is 120 Å². The van der Waals surface area contributed by atoms with Crippen molar-refractivity contribution in [1.82, 2.24) is 9.80 Å². The van der Waals surface area contributed by atoms with Crippen LogP contribution < -0.4 is 0 Å². The van der Waals surface area contributed by atoms with Gasteiger partial charge in [-0.15, -0.1) is 0 Å². The van der Waals surface area contributed by atoms with Crippen molar-refractivity contribution in [2.75, 3.05) is 19.6 Å². The SMILES string of the molecule is N#CCN1CCC2=C(C1)C(O)N1C=CC(Br)=CC1=N2. The molecule has 0 aromatic carbocycles. The number of halogens is 1. The summed E-state index contributed by atoms with van der Waals surface area (Å²) >= 11 is 3.41. The minimum Gasteiger partial charge on any atom is -0.369 e. The topological polar surface area (TPSA) is 62.9 Å². The molecule has 6 heteroatoms. The first-order valence-electron chi connectivity index (χ1n) is 6.11. The van der Waals surface area contributed by atoms with E-state index in [-0.39, 0.29) is 0 Å². The zero-order chi connectivity index (χ0) is 13.4. The van der Waals surface area contributed by atoms with Crippen molar-refractivity contribution in [2.45, 2.75) is 12.6 Å². The second-order valence-electron chi connectivity index (χ2n) is 4.69. The van der Waals surface area contributed by atoms with E-state index < -0.39 is 6.23 Å². The summed E-state index contributed by atoms with van der Waals surface area (Å²) in [6.45, 7) is 1.81.